The Morgan fingerprint density at radius 3 is 2.59 bits per heavy atom. The van der Waals surface area contributed by atoms with Crippen LogP contribution in [0.4, 0.5) is 5.69 Å². The van der Waals surface area contributed by atoms with Crippen molar-refractivity contribution in [3.8, 4) is 29.4 Å². The van der Waals surface area contributed by atoms with Gasteiger partial charge in [-0.2, -0.15) is 0 Å². The fraction of sp³-hybridized carbons (Fsp3) is 0.200. The number of fused-ring (bicyclic) bond motifs is 4. The van der Waals surface area contributed by atoms with E-state index in [-0.39, 0.29) is 34.5 Å². The number of ketones is 2. The molecule has 1 saturated heterocycles. The van der Waals surface area contributed by atoms with E-state index in [1.165, 1.54) is 12.1 Å². The fourth-order valence-electron chi connectivity index (χ4n) is 4.83. The lowest BCUT2D eigenvalue weighted by Crippen LogP contribution is -2.42. The number of aromatic hydroxyl groups is 1. The van der Waals surface area contributed by atoms with Crippen LogP contribution >= 0.6 is 0 Å². The van der Waals surface area contributed by atoms with Crippen LogP contribution in [0, 0.1) is 23.7 Å². The second-order valence-corrected chi connectivity index (χ2v) is 8.08. The number of carbonyl (C=O) groups is 2. The number of aliphatic hydroxyl groups excluding tert-OH is 1. The number of benzene rings is 2. The molecule has 4 aliphatic rings. The number of nitrogens with two attached hydrogens (primary N) is 1. The number of epoxide rings is 1. The minimum atomic E-state index is -1.25. The fourth-order valence-corrected chi connectivity index (χ4v) is 4.83. The third kappa shape index (κ3) is 2.27. The molecule has 5 N–H and O–H groups in total. The molecule has 6 rings (SSSR count). The third-order valence-electron chi connectivity index (χ3n) is 6.40. The molecule has 1 unspecified atom stereocenters. The number of hydrogen-bond donors (Lipinski definition) is 4. The Kier molecular flexibility index (Phi) is 3.72. The summed E-state index contributed by atoms with van der Waals surface area (Å²) in [5.41, 5.74) is 6.24. The SMILES string of the molecule is NCc1ccc2c(c1)C(=O)c1c(O)cc3c(c1C2=O)N[C@H]1C#C/C=C\C#C[C@@H](O)[C@@]32OC12. The highest BCUT2D eigenvalue weighted by Gasteiger charge is 2.69. The number of rotatable bonds is 1. The Balaban J connectivity index is 1.62. The highest BCUT2D eigenvalue weighted by molar-refractivity contribution is 6.31. The molecule has 2 heterocycles. The van der Waals surface area contributed by atoms with E-state index in [1.807, 2.05) is 0 Å². The number of anilines is 1. The van der Waals surface area contributed by atoms with E-state index in [2.05, 4.69) is 29.0 Å². The van der Waals surface area contributed by atoms with E-state index >= 15 is 0 Å². The monoisotopic (exact) mass is 424 g/mol. The van der Waals surface area contributed by atoms with Crippen LogP contribution in [0.15, 0.2) is 36.4 Å². The first-order chi connectivity index (χ1) is 15.5. The maximum Gasteiger partial charge on any atom is 0.198 e. The number of aliphatic hydroxyl groups is 1. The van der Waals surface area contributed by atoms with Gasteiger partial charge in [-0.05, 0) is 35.9 Å². The first-order valence-electron chi connectivity index (χ1n) is 10.1. The molecule has 2 bridgehead atoms. The van der Waals surface area contributed by atoms with Gasteiger partial charge >= 0.3 is 0 Å². The molecule has 2 aliphatic carbocycles. The Morgan fingerprint density at radius 1 is 1.06 bits per heavy atom. The van der Waals surface area contributed by atoms with Crippen LogP contribution in [0.1, 0.15) is 43.0 Å². The van der Waals surface area contributed by atoms with E-state index in [9.17, 15) is 19.8 Å². The summed E-state index contributed by atoms with van der Waals surface area (Å²) in [4.78, 5) is 26.9. The molecule has 0 saturated carbocycles. The topological polar surface area (TPSA) is 125 Å². The maximum absolute atomic E-state index is 13.6. The number of ether oxygens (including phenoxy) is 1. The molecule has 7 nitrogen and oxygen atoms in total. The second-order valence-electron chi connectivity index (χ2n) is 8.08. The van der Waals surface area contributed by atoms with Gasteiger partial charge < -0.3 is 26.0 Å². The van der Waals surface area contributed by atoms with Gasteiger partial charge in [0.25, 0.3) is 0 Å². The summed E-state index contributed by atoms with van der Waals surface area (Å²) in [5, 5.41) is 24.9. The summed E-state index contributed by atoms with van der Waals surface area (Å²) < 4.78 is 5.94. The zero-order valence-corrected chi connectivity index (χ0v) is 16.6. The summed E-state index contributed by atoms with van der Waals surface area (Å²) in [6.07, 6.45) is 1.36. The van der Waals surface area contributed by atoms with Crippen molar-refractivity contribution in [2.75, 3.05) is 5.32 Å². The molecule has 2 aliphatic heterocycles. The first-order valence-corrected chi connectivity index (χ1v) is 10.1. The van der Waals surface area contributed by atoms with E-state index in [0.29, 0.717) is 16.8 Å². The van der Waals surface area contributed by atoms with Crippen LogP contribution in [0.25, 0.3) is 0 Å². The van der Waals surface area contributed by atoms with Crippen molar-refractivity contribution in [2.24, 2.45) is 5.73 Å². The van der Waals surface area contributed by atoms with Gasteiger partial charge in [0.2, 0.25) is 0 Å². The molecule has 2 aromatic carbocycles. The first kappa shape index (κ1) is 18.9. The molecule has 4 atom stereocenters. The molecular formula is C25H16N2O5. The van der Waals surface area contributed by atoms with Crippen LogP contribution < -0.4 is 11.1 Å². The minimum Gasteiger partial charge on any atom is -0.507 e. The van der Waals surface area contributed by atoms with Crippen LogP contribution in [-0.4, -0.2) is 40.0 Å². The van der Waals surface area contributed by atoms with Gasteiger partial charge in [0.1, 0.15) is 17.9 Å². The van der Waals surface area contributed by atoms with Crippen molar-refractivity contribution in [1.82, 2.24) is 0 Å². The van der Waals surface area contributed by atoms with Gasteiger partial charge in [0, 0.05) is 23.2 Å². The smallest absolute Gasteiger partial charge is 0.198 e. The lowest BCUT2D eigenvalue weighted by Gasteiger charge is -2.32. The Labute approximate surface area is 182 Å². The summed E-state index contributed by atoms with van der Waals surface area (Å²) in [7, 11) is 0. The molecule has 0 spiro atoms. The molecule has 0 aromatic heterocycles. The minimum absolute atomic E-state index is 0.0471. The predicted octanol–water partition coefficient (Wildman–Crippen LogP) is 0.952. The number of hydrogen-bond acceptors (Lipinski definition) is 7. The molecule has 2 aromatic rings. The van der Waals surface area contributed by atoms with E-state index in [1.54, 1.807) is 24.3 Å². The van der Waals surface area contributed by atoms with Crippen molar-refractivity contribution in [2.45, 2.75) is 30.4 Å². The maximum atomic E-state index is 13.6. The van der Waals surface area contributed by atoms with E-state index in [0.717, 1.165) is 0 Å². The third-order valence-corrected chi connectivity index (χ3v) is 6.40. The van der Waals surface area contributed by atoms with Crippen molar-refractivity contribution in [3.63, 3.8) is 0 Å². The number of carbonyl (C=O) groups excluding carboxylic acids is 2. The van der Waals surface area contributed by atoms with Crippen LogP contribution in [-0.2, 0) is 16.9 Å². The zero-order valence-electron chi connectivity index (χ0n) is 16.6. The van der Waals surface area contributed by atoms with Crippen LogP contribution in [0.2, 0.25) is 0 Å². The van der Waals surface area contributed by atoms with Gasteiger partial charge in [-0.25, -0.2) is 0 Å². The lowest BCUT2D eigenvalue weighted by molar-refractivity contribution is 0.0975. The lowest BCUT2D eigenvalue weighted by atomic mass is 9.75. The van der Waals surface area contributed by atoms with Crippen molar-refractivity contribution < 1.29 is 24.5 Å². The van der Waals surface area contributed by atoms with Crippen LogP contribution in [0.3, 0.4) is 0 Å². The number of phenolic OH excluding ortho intramolecular Hbond substituents is 1. The standard InChI is InChI=1S/C25H16N2O5/c26-11-12-7-8-13-14(9-12)23(31)19-17(28)10-15-21(20(19)22(13)30)27-16-5-3-1-2-4-6-18(29)25(15)24(16)32-25/h1-2,7-10,16,18,24,27-29H,11,26H2/b2-1-/t16-,18+,24?,25-/m0/s1. The highest BCUT2D eigenvalue weighted by Crippen LogP contribution is 2.59. The Bertz CT molecular complexity index is 1420. The summed E-state index contributed by atoms with van der Waals surface area (Å²) in [5.74, 6) is 10.1. The van der Waals surface area contributed by atoms with Crippen molar-refractivity contribution >= 4 is 17.3 Å². The normalized spacial score (nSPS) is 28.9. The van der Waals surface area contributed by atoms with Gasteiger partial charge in [-0.3, -0.25) is 9.59 Å². The molecular weight excluding hydrogens is 408 g/mol. The van der Waals surface area contributed by atoms with Crippen molar-refractivity contribution in [1.29, 1.82) is 0 Å². The Morgan fingerprint density at radius 2 is 1.81 bits per heavy atom. The molecule has 156 valence electrons. The van der Waals surface area contributed by atoms with Crippen LogP contribution in [0.5, 0.6) is 5.75 Å². The summed E-state index contributed by atoms with van der Waals surface area (Å²) in [6.45, 7) is 0.217. The van der Waals surface area contributed by atoms with Gasteiger partial charge in [-0.1, -0.05) is 29.7 Å². The number of phenols is 1. The predicted molar refractivity (Wildman–Crippen MR) is 114 cm³/mol. The number of allylic oxidation sites excluding steroid dienone is 2. The Hall–Kier alpha value is -3.88. The van der Waals surface area contributed by atoms with Gasteiger partial charge in [0.05, 0.1) is 16.8 Å². The molecule has 7 heteroatoms. The molecule has 1 fully saturated rings. The summed E-state index contributed by atoms with van der Waals surface area (Å²) >= 11 is 0. The summed E-state index contributed by atoms with van der Waals surface area (Å²) in [6, 6.07) is 5.69. The average molecular weight is 424 g/mol. The quantitative estimate of drug-likeness (QED) is 0.260. The van der Waals surface area contributed by atoms with Gasteiger partial charge in [-0.15, -0.1) is 0 Å². The molecule has 32 heavy (non-hydrogen) atoms. The van der Waals surface area contributed by atoms with Crippen molar-refractivity contribution in [3.05, 3.63) is 69.8 Å². The van der Waals surface area contributed by atoms with Gasteiger partial charge in [0.15, 0.2) is 23.3 Å². The molecule has 0 radical (unpaired) electrons. The zero-order chi connectivity index (χ0) is 22.2. The van der Waals surface area contributed by atoms with E-state index in [4.69, 9.17) is 10.5 Å². The highest BCUT2D eigenvalue weighted by atomic mass is 16.6. The largest absolute Gasteiger partial charge is 0.507 e. The average Bonchev–Trinajstić information content (AvgIpc) is 3.56. The molecule has 0 amide bonds. The number of nitrogens with one attached hydrogen (secondary N) is 1. The second kappa shape index (κ2) is 6.32. The van der Waals surface area contributed by atoms with E-state index < -0.39 is 35.4 Å².